The van der Waals surface area contributed by atoms with E-state index in [1.165, 1.54) is 0 Å². The van der Waals surface area contributed by atoms with Gasteiger partial charge in [-0.05, 0) is 25.0 Å². The summed E-state index contributed by atoms with van der Waals surface area (Å²) >= 11 is 0. The molecule has 0 spiro atoms. The fourth-order valence-corrected chi connectivity index (χ4v) is 2.23. The van der Waals surface area contributed by atoms with Crippen molar-refractivity contribution in [1.82, 2.24) is 4.98 Å². The van der Waals surface area contributed by atoms with Crippen LogP contribution >= 0.6 is 0 Å². The Morgan fingerprint density at radius 1 is 1.31 bits per heavy atom. The van der Waals surface area contributed by atoms with Gasteiger partial charge < -0.3 is 15.8 Å². The summed E-state index contributed by atoms with van der Waals surface area (Å²) in [6.07, 6.45) is 4.29. The number of pyridine rings is 1. The van der Waals surface area contributed by atoms with Gasteiger partial charge in [-0.1, -0.05) is 18.9 Å². The summed E-state index contributed by atoms with van der Waals surface area (Å²) in [5, 5.41) is 12.8. The molecular weight excluding hydrogens is 204 g/mol. The molecule has 1 aliphatic carbocycles. The van der Waals surface area contributed by atoms with Gasteiger partial charge in [0.05, 0.1) is 12.1 Å². The van der Waals surface area contributed by atoms with Gasteiger partial charge in [0.2, 0.25) is 0 Å². The maximum absolute atomic E-state index is 9.47. The van der Waals surface area contributed by atoms with Gasteiger partial charge in [0.15, 0.2) is 0 Å². The largest absolute Gasteiger partial charge is 0.394 e. The number of nitrogens with two attached hydrogens (primary N) is 1. The summed E-state index contributed by atoms with van der Waals surface area (Å²) < 4.78 is 0. The first-order valence-electron chi connectivity index (χ1n) is 5.61. The van der Waals surface area contributed by atoms with Crippen LogP contribution in [0, 0.1) is 0 Å². The molecule has 0 bridgehead atoms. The third kappa shape index (κ3) is 2.25. The Labute approximate surface area is 95.0 Å². The van der Waals surface area contributed by atoms with Gasteiger partial charge >= 0.3 is 0 Å². The van der Waals surface area contributed by atoms with Crippen molar-refractivity contribution in [3.8, 4) is 0 Å². The van der Waals surface area contributed by atoms with Crippen LogP contribution in [0.5, 0.6) is 0 Å². The normalized spacial score (nSPS) is 18.4. The van der Waals surface area contributed by atoms with Crippen LogP contribution in [0.2, 0.25) is 0 Å². The minimum atomic E-state index is -0.194. The first-order chi connectivity index (χ1) is 7.78. The van der Waals surface area contributed by atoms with E-state index in [-0.39, 0.29) is 12.1 Å². The van der Waals surface area contributed by atoms with Crippen molar-refractivity contribution >= 4 is 11.6 Å². The molecule has 1 aliphatic rings. The molecule has 0 amide bonds. The Morgan fingerprint density at radius 3 is 2.62 bits per heavy atom. The number of aliphatic hydroxyl groups is 1. The van der Waals surface area contributed by atoms with Crippen LogP contribution in [0.4, 0.5) is 11.6 Å². The van der Waals surface area contributed by atoms with Crippen LogP contribution in [-0.2, 0) is 0 Å². The minimum absolute atomic E-state index is 0.148. The van der Waals surface area contributed by atoms with E-state index < -0.39 is 0 Å². The van der Waals surface area contributed by atoms with E-state index in [9.17, 15) is 5.11 Å². The zero-order chi connectivity index (χ0) is 11.4. The molecule has 1 saturated carbocycles. The maximum atomic E-state index is 9.47. The molecule has 5 heteroatoms. The van der Waals surface area contributed by atoms with Crippen molar-refractivity contribution in [2.24, 2.45) is 5.84 Å². The lowest BCUT2D eigenvalue weighted by atomic mass is 9.99. The lowest BCUT2D eigenvalue weighted by molar-refractivity contribution is 0.214. The van der Waals surface area contributed by atoms with Gasteiger partial charge in [-0.2, -0.15) is 0 Å². The molecule has 1 heterocycles. The lowest BCUT2D eigenvalue weighted by Crippen LogP contribution is -2.39. The number of hydrogen-bond donors (Lipinski definition) is 4. The highest BCUT2D eigenvalue weighted by molar-refractivity contribution is 5.46. The summed E-state index contributed by atoms with van der Waals surface area (Å²) in [5.74, 6) is 6.68. The van der Waals surface area contributed by atoms with Gasteiger partial charge in [-0.3, -0.25) is 0 Å². The topological polar surface area (TPSA) is 83.2 Å². The molecule has 0 unspecified atom stereocenters. The van der Waals surface area contributed by atoms with E-state index in [4.69, 9.17) is 5.84 Å². The highest BCUT2D eigenvalue weighted by atomic mass is 16.3. The van der Waals surface area contributed by atoms with Crippen molar-refractivity contribution < 1.29 is 5.11 Å². The molecule has 16 heavy (non-hydrogen) atoms. The van der Waals surface area contributed by atoms with Gasteiger partial charge in [-0.25, -0.2) is 10.8 Å². The Morgan fingerprint density at radius 2 is 2.00 bits per heavy atom. The molecule has 1 aromatic heterocycles. The smallest absolute Gasteiger partial charge is 0.142 e. The number of nitrogens with one attached hydrogen (secondary N) is 2. The SMILES string of the molecule is NNc1cccc(NC2(CO)CCCC2)n1. The molecule has 1 fully saturated rings. The molecule has 88 valence electrons. The lowest BCUT2D eigenvalue weighted by Gasteiger charge is -2.28. The number of aromatic nitrogens is 1. The monoisotopic (exact) mass is 222 g/mol. The number of aliphatic hydroxyl groups excluding tert-OH is 1. The van der Waals surface area contributed by atoms with Crippen molar-refractivity contribution in [2.45, 2.75) is 31.2 Å². The van der Waals surface area contributed by atoms with Crippen LogP contribution in [0.25, 0.3) is 0 Å². The fourth-order valence-electron chi connectivity index (χ4n) is 2.23. The Hall–Kier alpha value is -1.33. The van der Waals surface area contributed by atoms with Crippen LogP contribution in [-0.4, -0.2) is 22.2 Å². The minimum Gasteiger partial charge on any atom is -0.394 e. The molecule has 5 N–H and O–H groups in total. The molecule has 0 radical (unpaired) electrons. The second-order valence-corrected chi connectivity index (χ2v) is 4.32. The van der Waals surface area contributed by atoms with E-state index in [0.29, 0.717) is 5.82 Å². The average Bonchev–Trinajstić information content (AvgIpc) is 2.78. The zero-order valence-corrected chi connectivity index (χ0v) is 9.24. The van der Waals surface area contributed by atoms with Crippen molar-refractivity contribution in [3.63, 3.8) is 0 Å². The molecule has 2 rings (SSSR count). The van der Waals surface area contributed by atoms with E-state index >= 15 is 0 Å². The molecule has 0 saturated heterocycles. The zero-order valence-electron chi connectivity index (χ0n) is 9.24. The van der Waals surface area contributed by atoms with Gasteiger partial charge in [0, 0.05) is 0 Å². The first kappa shape index (κ1) is 11.2. The predicted molar refractivity (Wildman–Crippen MR) is 64.0 cm³/mol. The number of nitrogens with zero attached hydrogens (tertiary/aromatic N) is 1. The van der Waals surface area contributed by atoms with Crippen LogP contribution < -0.4 is 16.6 Å². The summed E-state index contributed by atoms with van der Waals surface area (Å²) in [4.78, 5) is 4.29. The standard InChI is InChI=1S/C11H18N4O/c12-15-10-5-3-4-9(13-10)14-11(8-16)6-1-2-7-11/h3-5,16H,1-2,6-8,12H2,(H2,13,14,15). The second-order valence-electron chi connectivity index (χ2n) is 4.32. The van der Waals surface area contributed by atoms with E-state index in [1.807, 2.05) is 12.1 Å². The Balaban J connectivity index is 2.12. The Kier molecular flexibility index (Phi) is 3.26. The third-order valence-corrected chi connectivity index (χ3v) is 3.15. The number of rotatable bonds is 4. The number of anilines is 2. The predicted octanol–water partition coefficient (Wildman–Crippen LogP) is 1.08. The van der Waals surface area contributed by atoms with Crippen molar-refractivity contribution in [1.29, 1.82) is 0 Å². The number of hydrogen-bond acceptors (Lipinski definition) is 5. The second kappa shape index (κ2) is 4.67. The highest BCUT2D eigenvalue weighted by Crippen LogP contribution is 2.32. The third-order valence-electron chi connectivity index (χ3n) is 3.15. The van der Waals surface area contributed by atoms with Gasteiger partial charge in [-0.15, -0.1) is 0 Å². The molecule has 5 nitrogen and oxygen atoms in total. The summed E-state index contributed by atoms with van der Waals surface area (Å²) in [6.45, 7) is 0.148. The number of nitrogen functional groups attached to an aromatic ring is 1. The fraction of sp³-hybridized carbons (Fsp3) is 0.545. The molecule has 1 aromatic rings. The van der Waals surface area contributed by atoms with E-state index in [1.54, 1.807) is 6.07 Å². The first-order valence-corrected chi connectivity index (χ1v) is 5.61. The highest BCUT2D eigenvalue weighted by Gasteiger charge is 2.33. The summed E-state index contributed by atoms with van der Waals surface area (Å²) in [7, 11) is 0. The van der Waals surface area contributed by atoms with E-state index in [2.05, 4.69) is 15.7 Å². The van der Waals surface area contributed by atoms with E-state index in [0.717, 1.165) is 31.5 Å². The quantitative estimate of drug-likeness (QED) is 0.452. The molecule has 0 aromatic carbocycles. The maximum Gasteiger partial charge on any atom is 0.142 e. The van der Waals surface area contributed by atoms with Crippen molar-refractivity contribution in [2.75, 3.05) is 17.3 Å². The average molecular weight is 222 g/mol. The summed E-state index contributed by atoms with van der Waals surface area (Å²) in [6, 6.07) is 5.56. The van der Waals surface area contributed by atoms with Crippen molar-refractivity contribution in [3.05, 3.63) is 18.2 Å². The molecule has 0 aliphatic heterocycles. The Bertz CT molecular complexity index is 350. The number of hydrazine groups is 1. The molecule has 0 atom stereocenters. The van der Waals surface area contributed by atoms with Crippen LogP contribution in [0.15, 0.2) is 18.2 Å². The van der Waals surface area contributed by atoms with Crippen LogP contribution in [0.1, 0.15) is 25.7 Å². The van der Waals surface area contributed by atoms with Gasteiger partial charge in [0.25, 0.3) is 0 Å². The molecular formula is C11H18N4O. The van der Waals surface area contributed by atoms with Crippen LogP contribution in [0.3, 0.4) is 0 Å². The summed E-state index contributed by atoms with van der Waals surface area (Å²) in [5.41, 5.74) is 2.31. The van der Waals surface area contributed by atoms with Gasteiger partial charge in [0.1, 0.15) is 11.6 Å².